The van der Waals surface area contributed by atoms with Crippen LogP contribution in [-0.4, -0.2) is 95.9 Å². The molecule has 0 heterocycles. The maximum atomic E-state index is 12.8. The monoisotopic (exact) mass is 1180 g/mol. The molecule has 16 nitrogen and oxygen atoms in total. The Labute approximate surface area is 489 Å². The Bertz CT molecular complexity index is 1830. The summed E-state index contributed by atoms with van der Waals surface area (Å²) >= 11 is 0. The summed E-state index contributed by atoms with van der Waals surface area (Å²) in [6.45, 7) is 2.45. The molecular weight excluding hydrogens is 1070 g/mol. The normalized spacial score (nSPS) is 15.0. The van der Waals surface area contributed by atoms with Crippen LogP contribution in [0.1, 0.15) is 239 Å². The summed E-state index contributed by atoms with van der Waals surface area (Å²) in [6, 6.07) is 0. The number of phosphoric acid groups is 2. The molecule has 0 aliphatic carbocycles. The van der Waals surface area contributed by atoms with E-state index in [-0.39, 0.29) is 19.3 Å². The van der Waals surface area contributed by atoms with Crippen molar-refractivity contribution in [3.63, 3.8) is 0 Å². The van der Waals surface area contributed by atoms with Gasteiger partial charge in [0.25, 0.3) is 0 Å². The lowest BCUT2D eigenvalue weighted by atomic mass is 10.1. The largest absolute Gasteiger partial charge is 0.472 e. The molecule has 0 aromatic carbocycles. The highest BCUT2D eigenvalue weighted by atomic mass is 31.2. The van der Waals surface area contributed by atoms with Crippen LogP contribution >= 0.6 is 15.6 Å². The molecule has 18 heteroatoms. The highest BCUT2D eigenvalue weighted by molar-refractivity contribution is 7.47. The number of aliphatic hydroxyl groups excluding tert-OH is 2. The predicted molar refractivity (Wildman–Crippen MR) is 325 cm³/mol. The van der Waals surface area contributed by atoms with Gasteiger partial charge in [-0.25, -0.2) is 9.13 Å². The number of rotatable bonds is 58. The van der Waals surface area contributed by atoms with Crippen molar-refractivity contribution in [3.05, 3.63) is 85.1 Å². The van der Waals surface area contributed by atoms with Gasteiger partial charge in [-0.1, -0.05) is 209 Å². The van der Waals surface area contributed by atoms with Gasteiger partial charge in [0.15, 0.2) is 6.10 Å². The van der Waals surface area contributed by atoms with Crippen molar-refractivity contribution in [3.8, 4) is 0 Å². The van der Waals surface area contributed by atoms with E-state index in [0.29, 0.717) is 19.3 Å². The Hall–Kier alpha value is -3.27. The number of allylic oxidation sites excluding steroid dienone is 14. The van der Waals surface area contributed by atoms with E-state index < -0.39 is 91.5 Å². The minimum atomic E-state index is -4.91. The SMILES string of the molecule is CC/C=C\C/C=C\C/C=C\C/C=C\C/C=C\C/C=C\CCCCC(=O)OCC(O)COP(=O)(O)OCC(O)COP(=O)(O)OCC(COC(=O)CCCCCCC/C=C\CCCCCC)OC(=O)CCCCCCCCCCCCC. The summed E-state index contributed by atoms with van der Waals surface area (Å²) in [7, 11) is -9.77. The fraction of sp³-hybridized carbons (Fsp3) is 0.730. The number of aliphatic hydroxyl groups is 2. The quantitative estimate of drug-likeness (QED) is 0.0146. The Morgan fingerprint density at radius 2 is 0.654 bits per heavy atom. The molecule has 0 rings (SSSR count). The van der Waals surface area contributed by atoms with Gasteiger partial charge in [0.05, 0.1) is 26.4 Å². The molecule has 5 unspecified atom stereocenters. The van der Waals surface area contributed by atoms with Crippen molar-refractivity contribution in [2.75, 3.05) is 39.6 Å². The molecule has 0 radical (unpaired) electrons. The van der Waals surface area contributed by atoms with Gasteiger partial charge in [-0.05, 0) is 96.3 Å². The van der Waals surface area contributed by atoms with Crippen molar-refractivity contribution in [2.45, 2.75) is 257 Å². The first-order valence-electron chi connectivity index (χ1n) is 30.9. The van der Waals surface area contributed by atoms with Crippen LogP contribution in [0, 0.1) is 0 Å². The third-order valence-electron chi connectivity index (χ3n) is 12.6. The lowest BCUT2D eigenvalue weighted by Crippen LogP contribution is -2.30. The minimum Gasteiger partial charge on any atom is -0.463 e. The Morgan fingerprint density at radius 3 is 1.09 bits per heavy atom. The molecule has 0 aliphatic rings. The molecule has 4 N–H and O–H groups in total. The van der Waals surface area contributed by atoms with Gasteiger partial charge in [-0.3, -0.25) is 32.5 Å². The first-order valence-corrected chi connectivity index (χ1v) is 33.9. The smallest absolute Gasteiger partial charge is 0.463 e. The zero-order valence-corrected chi connectivity index (χ0v) is 52.0. The average Bonchev–Trinajstić information content (AvgIpc) is 3.45. The summed E-state index contributed by atoms with van der Waals surface area (Å²) in [6.07, 6.45) is 58.0. The van der Waals surface area contributed by atoms with Crippen LogP contribution in [0.5, 0.6) is 0 Å². The van der Waals surface area contributed by atoms with E-state index >= 15 is 0 Å². The van der Waals surface area contributed by atoms with Gasteiger partial charge in [-0.2, -0.15) is 0 Å². The number of carbonyl (C=O) groups is 3. The average molecular weight is 1190 g/mol. The fourth-order valence-corrected chi connectivity index (χ4v) is 9.45. The molecule has 0 saturated carbocycles. The maximum Gasteiger partial charge on any atom is 0.472 e. The fourth-order valence-electron chi connectivity index (χ4n) is 7.86. The van der Waals surface area contributed by atoms with Crippen LogP contribution in [0.25, 0.3) is 0 Å². The van der Waals surface area contributed by atoms with E-state index in [4.69, 9.17) is 32.3 Å². The summed E-state index contributed by atoms with van der Waals surface area (Å²) in [5.74, 6) is -1.62. The lowest BCUT2D eigenvalue weighted by molar-refractivity contribution is -0.161. The van der Waals surface area contributed by atoms with E-state index in [0.717, 1.165) is 116 Å². The number of ether oxygens (including phenoxy) is 3. The van der Waals surface area contributed by atoms with E-state index in [9.17, 15) is 43.5 Å². The molecule has 81 heavy (non-hydrogen) atoms. The third-order valence-corrected chi connectivity index (χ3v) is 14.5. The van der Waals surface area contributed by atoms with Crippen LogP contribution in [0.4, 0.5) is 0 Å². The van der Waals surface area contributed by atoms with E-state index in [2.05, 4.69) is 106 Å². The second-order valence-electron chi connectivity index (χ2n) is 20.5. The molecule has 0 spiro atoms. The van der Waals surface area contributed by atoms with Gasteiger partial charge in [-0.15, -0.1) is 0 Å². The van der Waals surface area contributed by atoms with Crippen molar-refractivity contribution in [1.29, 1.82) is 0 Å². The molecule has 0 fully saturated rings. The zero-order valence-electron chi connectivity index (χ0n) is 50.2. The standard InChI is InChI=1S/C63H110O16P2/c1-4-7-10-13-16-19-22-24-25-26-27-28-29-30-31-33-36-37-40-43-46-49-61(66)73-52-58(64)53-75-80(69,70)76-54-59(65)55-77-81(71,72)78-57-60(79-63(68)51-48-45-42-39-34-21-18-15-12-9-6-3)56-74-62(67)50-47-44-41-38-35-32-23-20-17-14-11-8-5-2/h7,10,16,19-20,23-25,27-28,30-31,36-37,58-60,64-65H,4-6,8-9,11-15,17-18,21-22,26,29,32-35,38-57H2,1-3H3,(H,69,70)(H,71,72)/b10-7-,19-16-,23-20-,25-24-,28-27-,31-30-,37-36-. The number of esters is 3. The topological polar surface area (TPSA) is 231 Å². The molecule has 0 amide bonds. The zero-order chi connectivity index (χ0) is 59.6. The van der Waals surface area contributed by atoms with Crippen molar-refractivity contribution in [1.82, 2.24) is 0 Å². The van der Waals surface area contributed by atoms with Crippen molar-refractivity contribution in [2.24, 2.45) is 0 Å². The van der Waals surface area contributed by atoms with Gasteiger partial charge < -0.3 is 34.2 Å². The minimum absolute atomic E-state index is 0.105. The van der Waals surface area contributed by atoms with Gasteiger partial charge in [0.2, 0.25) is 0 Å². The highest BCUT2D eigenvalue weighted by Gasteiger charge is 2.29. The number of phosphoric ester groups is 2. The Kier molecular flexibility index (Phi) is 54.9. The molecular formula is C63H110O16P2. The maximum absolute atomic E-state index is 12.8. The summed E-state index contributed by atoms with van der Waals surface area (Å²) in [4.78, 5) is 58.0. The van der Waals surface area contributed by atoms with Crippen LogP contribution in [0.15, 0.2) is 85.1 Å². The molecule has 0 saturated heterocycles. The van der Waals surface area contributed by atoms with Gasteiger partial charge >= 0.3 is 33.6 Å². The van der Waals surface area contributed by atoms with Crippen LogP contribution in [0.3, 0.4) is 0 Å². The number of unbranched alkanes of at least 4 members (excludes halogenated alkanes) is 21. The molecule has 0 aliphatic heterocycles. The summed E-state index contributed by atoms with van der Waals surface area (Å²) in [5.41, 5.74) is 0. The van der Waals surface area contributed by atoms with Gasteiger partial charge in [0.1, 0.15) is 25.4 Å². The third kappa shape index (κ3) is 58.3. The molecule has 0 aromatic rings. The van der Waals surface area contributed by atoms with Crippen molar-refractivity contribution >= 4 is 33.6 Å². The summed E-state index contributed by atoms with van der Waals surface area (Å²) in [5, 5.41) is 20.5. The van der Waals surface area contributed by atoms with Crippen LogP contribution in [-0.2, 0) is 55.8 Å². The number of hydrogen-bond donors (Lipinski definition) is 4. The lowest BCUT2D eigenvalue weighted by Gasteiger charge is -2.21. The molecule has 468 valence electrons. The number of carbonyl (C=O) groups excluding carboxylic acids is 3. The Balaban J connectivity index is 4.61. The van der Waals surface area contributed by atoms with Gasteiger partial charge in [0, 0.05) is 19.3 Å². The molecule has 0 bridgehead atoms. The first kappa shape index (κ1) is 77.7. The van der Waals surface area contributed by atoms with E-state index in [1.54, 1.807) is 0 Å². The number of hydrogen-bond acceptors (Lipinski definition) is 14. The first-order chi connectivity index (χ1) is 39.2. The van der Waals surface area contributed by atoms with E-state index in [1.165, 1.54) is 64.2 Å². The summed E-state index contributed by atoms with van der Waals surface area (Å²) < 4.78 is 60.6. The van der Waals surface area contributed by atoms with Crippen molar-refractivity contribution < 1.29 is 75.8 Å². The second kappa shape index (κ2) is 57.2. The van der Waals surface area contributed by atoms with Crippen LogP contribution in [0.2, 0.25) is 0 Å². The molecule has 0 aromatic heterocycles. The second-order valence-corrected chi connectivity index (χ2v) is 23.4. The van der Waals surface area contributed by atoms with E-state index in [1.807, 2.05) is 0 Å². The highest BCUT2D eigenvalue weighted by Crippen LogP contribution is 2.45. The van der Waals surface area contributed by atoms with Crippen LogP contribution < -0.4 is 0 Å². The predicted octanol–water partition coefficient (Wildman–Crippen LogP) is 16.2. The molecule has 5 atom stereocenters. The Morgan fingerprint density at radius 1 is 0.358 bits per heavy atom.